The zero-order chi connectivity index (χ0) is 31.0. The smallest absolute Gasteiger partial charge is 0.264 e. The van der Waals surface area contributed by atoms with Crippen molar-refractivity contribution >= 4 is 39.1 Å². The summed E-state index contributed by atoms with van der Waals surface area (Å²) >= 11 is 6.03. The van der Waals surface area contributed by atoms with Crippen molar-refractivity contribution in [3.8, 4) is 11.5 Å². The third kappa shape index (κ3) is 8.13. The SMILES string of the molecule is COc1ccc(S(=O)(=O)N(CC(=O)N(Cc2ccc(Cl)cc2)[C@@H](C)C(=O)NCC(C)C)c2ccc(F)cc2)cc1OC. The van der Waals surface area contributed by atoms with Crippen LogP contribution in [0.25, 0.3) is 0 Å². The van der Waals surface area contributed by atoms with Crippen molar-refractivity contribution < 1.29 is 31.9 Å². The molecule has 0 aliphatic rings. The maximum Gasteiger partial charge on any atom is 0.264 e. The molecule has 12 heteroatoms. The van der Waals surface area contributed by atoms with Crippen molar-refractivity contribution in [3.05, 3.63) is 83.1 Å². The number of carbonyl (C=O) groups is 2. The van der Waals surface area contributed by atoms with Crippen molar-refractivity contribution in [1.82, 2.24) is 10.2 Å². The molecule has 3 aromatic carbocycles. The molecule has 0 heterocycles. The van der Waals surface area contributed by atoms with Crippen LogP contribution in [0.3, 0.4) is 0 Å². The van der Waals surface area contributed by atoms with Gasteiger partial charge in [-0.2, -0.15) is 0 Å². The van der Waals surface area contributed by atoms with Crippen LogP contribution in [0, 0.1) is 11.7 Å². The largest absolute Gasteiger partial charge is 0.493 e. The summed E-state index contributed by atoms with van der Waals surface area (Å²) in [6, 6.07) is 14.6. The maximum absolute atomic E-state index is 14.0. The number of sulfonamides is 1. The number of methoxy groups -OCH3 is 2. The van der Waals surface area contributed by atoms with E-state index in [-0.39, 0.29) is 34.7 Å². The zero-order valence-electron chi connectivity index (χ0n) is 24.1. The first-order chi connectivity index (χ1) is 19.9. The van der Waals surface area contributed by atoms with Crippen LogP contribution >= 0.6 is 11.6 Å². The fraction of sp³-hybridized carbons (Fsp3) is 0.333. The quantitative estimate of drug-likeness (QED) is 0.292. The van der Waals surface area contributed by atoms with Gasteiger partial charge in [-0.05, 0) is 66.9 Å². The van der Waals surface area contributed by atoms with Gasteiger partial charge in [-0.15, -0.1) is 0 Å². The van der Waals surface area contributed by atoms with Crippen LogP contribution in [0.5, 0.6) is 11.5 Å². The predicted molar refractivity (Wildman–Crippen MR) is 160 cm³/mol. The second kappa shape index (κ2) is 14.4. The van der Waals surface area contributed by atoms with E-state index in [1.165, 1.54) is 49.5 Å². The molecule has 9 nitrogen and oxygen atoms in total. The summed E-state index contributed by atoms with van der Waals surface area (Å²) in [4.78, 5) is 28.1. The Balaban J connectivity index is 2.04. The molecule has 0 saturated heterocycles. The summed E-state index contributed by atoms with van der Waals surface area (Å²) < 4.78 is 53.2. The van der Waals surface area contributed by atoms with Crippen molar-refractivity contribution in [2.24, 2.45) is 5.92 Å². The lowest BCUT2D eigenvalue weighted by atomic mass is 10.1. The Bertz CT molecular complexity index is 1480. The Morgan fingerprint density at radius 1 is 0.929 bits per heavy atom. The van der Waals surface area contributed by atoms with Crippen molar-refractivity contribution in [1.29, 1.82) is 0 Å². The van der Waals surface area contributed by atoms with Crippen LogP contribution in [-0.4, -0.2) is 58.5 Å². The van der Waals surface area contributed by atoms with Gasteiger partial charge in [0.05, 0.1) is 24.8 Å². The molecule has 0 saturated carbocycles. The second-order valence-corrected chi connectivity index (χ2v) is 12.3. The third-order valence-electron chi connectivity index (χ3n) is 6.45. The van der Waals surface area contributed by atoms with Gasteiger partial charge in [-0.25, -0.2) is 12.8 Å². The zero-order valence-corrected chi connectivity index (χ0v) is 25.7. The summed E-state index contributed by atoms with van der Waals surface area (Å²) in [6.45, 7) is 5.22. The summed E-state index contributed by atoms with van der Waals surface area (Å²) in [5.74, 6) is -0.942. The first-order valence-electron chi connectivity index (χ1n) is 13.2. The number of hydrogen-bond donors (Lipinski definition) is 1. The van der Waals surface area contributed by atoms with E-state index < -0.39 is 34.3 Å². The number of rotatable bonds is 13. The Morgan fingerprint density at radius 2 is 1.55 bits per heavy atom. The molecule has 0 unspecified atom stereocenters. The van der Waals surface area contributed by atoms with Crippen LogP contribution in [0.4, 0.5) is 10.1 Å². The van der Waals surface area contributed by atoms with Gasteiger partial charge < -0.3 is 19.7 Å². The van der Waals surface area contributed by atoms with Crippen LogP contribution in [0.15, 0.2) is 71.6 Å². The number of nitrogens with one attached hydrogen (secondary N) is 1. The Morgan fingerprint density at radius 3 is 2.12 bits per heavy atom. The standard InChI is InChI=1S/C30H35ClFN3O6S/c1-20(2)17-33-30(37)21(3)34(18-22-6-8-23(31)9-7-22)29(36)19-35(25-12-10-24(32)11-13-25)42(38,39)26-14-15-27(40-4)28(16-26)41-5/h6-16,20-21H,17-19H2,1-5H3,(H,33,37)/t21-/m0/s1. The van der Waals surface area contributed by atoms with Crippen LogP contribution in [0.2, 0.25) is 5.02 Å². The molecule has 3 aromatic rings. The number of halogens is 2. The van der Waals surface area contributed by atoms with E-state index in [0.29, 0.717) is 22.9 Å². The molecule has 3 rings (SSSR count). The van der Waals surface area contributed by atoms with Gasteiger partial charge in [0.15, 0.2) is 11.5 Å². The molecule has 42 heavy (non-hydrogen) atoms. The highest BCUT2D eigenvalue weighted by Crippen LogP contribution is 2.32. The molecule has 0 fully saturated rings. The van der Waals surface area contributed by atoms with Gasteiger partial charge in [0, 0.05) is 24.2 Å². The fourth-order valence-corrected chi connectivity index (χ4v) is 5.62. The first kappa shape index (κ1) is 32.7. The van der Waals surface area contributed by atoms with Crippen molar-refractivity contribution in [3.63, 3.8) is 0 Å². The van der Waals surface area contributed by atoms with Gasteiger partial charge in [0.1, 0.15) is 18.4 Å². The molecule has 1 atom stereocenters. The topological polar surface area (TPSA) is 105 Å². The molecule has 226 valence electrons. The van der Waals surface area contributed by atoms with E-state index in [1.807, 2.05) is 13.8 Å². The minimum Gasteiger partial charge on any atom is -0.493 e. The molecule has 2 amide bonds. The molecular formula is C30H35ClFN3O6S. The van der Waals surface area contributed by atoms with Crippen LogP contribution in [0.1, 0.15) is 26.3 Å². The summed E-state index contributed by atoms with van der Waals surface area (Å²) in [7, 11) is -1.60. The minimum absolute atomic E-state index is 0.0138. The monoisotopic (exact) mass is 619 g/mol. The van der Waals surface area contributed by atoms with Gasteiger partial charge in [-0.3, -0.25) is 13.9 Å². The van der Waals surface area contributed by atoms with Gasteiger partial charge >= 0.3 is 0 Å². The number of benzene rings is 3. The van der Waals surface area contributed by atoms with E-state index in [9.17, 15) is 22.4 Å². The minimum atomic E-state index is -4.39. The summed E-state index contributed by atoms with van der Waals surface area (Å²) in [6.07, 6.45) is 0. The lowest BCUT2D eigenvalue weighted by Gasteiger charge is -2.32. The molecule has 0 aliphatic carbocycles. The number of nitrogens with zero attached hydrogens (tertiary/aromatic N) is 2. The maximum atomic E-state index is 14.0. The molecule has 0 radical (unpaired) electrons. The highest BCUT2D eigenvalue weighted by atomic mass is 35.5. The third-order valence-corrected chi connectivity index (χ3v) is 8.48. The van der Waals surface area contributed by atoms with Crippen LogP contribution < -0.4 is 19.1 Å². The number of ether oxygens (including phenoxy) is 2. The van der Waals surface area contributed by atoms with E-state index >= 15 is 0 Å². The summed E-state index contributed by atoms with van der Waals surface area (Å²) in [5, 5.41) is 3.33. The fourth-order valence-electron chi connectivity index (χ4n) is 4.06. The van der Waals surface area contributed by atoms with Gasteiger partial charge in [0.2, 0.25) is 11.8 Å². The normalized spacial score (nSPS) is 12.0. The first-order valence-corrected chi connectivity index (χ1v) is 15.0. The lowest BCUT2D eigenvalue weighted by molar-refractivity contribution is -0.139. The molecule has 0 bridgehead atoms. The highest BCUT2D eigenvalue weighted by Gasteiger charge is 2.33. The van der Waals surface area contributed by atoms with Crippen LogP contribution in [-0.2, 0) is 26.2 Å². The van der Waals surface area contributed by atoms with Crippen molar-refractivity contribution in [2.45, 2.75) is 38.3 Å². The lowest BCUT2D eigenvalue weighted by Crippen LogP contribution is -2.51. The molecule has 0 aromatic heterocycles. The Labute approximate surface area is 251 Å². The van der Waals surface area contributed by atoms with Crippen molar-refractivity contribution in [2.75, 3.05) is 31.6 Å². The molecule has 1 N–H and O–H groups in total. The number of carbonyl (C=O) groups excluding carboxylic acids is 2. The predicted octanol–water partition coefficient (Wildman–Crippen LogP) is 4.88. The average Bonchev–Trinajstić information content (AvgIpc) is 2.97. The number of amides is 2. The number of anilines is 1. The van der Waals surface area contributed by atoms with E-state index in [4.69, 9.17) is 21.1 Å². The van der Waals surface area contributed by atoms with Gasteiger partial charge in [0.25, 0.3) is 10.0 Å². The Kier molecular flexibility index (Phi) is 11.2. The Hall–Kier alpha value is -3.83. The average molecular weight is 620 g/mol. The second-order valence-electron chi connectivity index (χ2n) is 9.97. The van der Waals surface area contributed by atoms with Gasteiger partial charge in [-0.1, -0.05) is 37.6 Å². The molecule has 0 spiro atoms. The van der Waals surface area contributed by atoms with E-state index in [1.54, 1.807) is 31.2 Å². The summed E-state index contributed by atoms with van der Waals surface area (Å²) in [5.41, 5.74) is 0.746. The highest BCUT2D eigenvalue weighted by molar-refractivity contribution is 7.92. The molecule has 0 aliphatic heterocycles. The van der Waals surface area contributed by atoms with E-state index in [0.717, 1.165) is 16.4 Å². The molecular weight excluding hydrogens is 585 g/mol. The van der Waals surface area contributed by atoms with E-state index in [2.05, 4.69) is 5.32 Å². The number of hydrogen-bond acceptors (Lipinski definition) is 6.